The van der Waals surface area contributed by atoms with Gasteiger partial charge in [-0.2, -0.15) is 5.10 Å². The minimum absolute atomic E-state index is 0.0150. The molecule has 0 aliphatic heterocycles. The van der Waals surface area contributed by atoms with Crippen molar-refractivity contribution in [2.45, 2.75) is 83.7 Å². The lowest BCUT2D eigenvalue weighted by Gasteiger charge is -2.37. The summed E-state index contributed by atoms with van der Waals surface area (Å²) in [5, 5.41) is 4.65. The predicted molar refractivity (Wildman–Crippen MR) is 84.7 cm³/mol. The van der Waals surface area contributed by atoms with E-state index >= 15 is 0 Å². The van der Waals surface area contributed by atoms with Crippen molar-refractivity contribution in [1.82, 2.24) is 9.78 Å². The molecule has 114 valence electrons. The summed E-state index contributed by atoms with van der Waals surface area (Å²) < 4.78 is 2.03. The van der Waals surface area contributed by atoms with Crippen molar-refractivity contribution in [3.05, 3.63) is 18.0 Å². The first-order valence-electron chi connectivity index (χ1n) is 8.35. The number of unbranched alkanes of at least 4 members (excludes halogenated alkanes) is 1. The first-order chi connectivity index (χ1) is 9.52. The number of rotatable bonds is 6. The van der Waals surface area contributed by atoms with E-state index in [0.29, 0.717) is 6.04 Å². The Morgan fingerprint density at radius 3 is 2.65 bits per heavy atom. The highest BCUT2D eigenvalue weighted by molar-refractivity contribution is 5.07. The van der Waals surface area contributed by atoms with Gasteiger partial charge in [-0.15, -0.1) is 0 Å². The van der Waals surface area contributed by atoms with Crippen LogP contribution in [0, 0.1) is 5.92 Å². The quantitative estimate of drug-likeness (QED) is 0.851. The summed E-state index contributed by atoms with van der Waals surface area (Å²) in [7, 11) is 0. The number of aromatic nitrogens is 2. The first kappa shape index (κ1) is 15.6. The number of nitrogens with two attached hydrogens (primary N) is 1. The van der Waals surface area contributed by atoms with E-state index in [1.807, 2.05) is 4.68 Å². The maximum atomic E-state index is 6.62. The van der Waals surface area contributed by atoms with Gasteiger partial charge in [0.05, 0.1) is 5.69 Å². The van der Waals surface area contributed by atoms with Crippen LogP contribution in [0.5, 0.6) is 0 Å². The van der Waals surface area contributed by atoms with Crippen molar-refractivity contribution in [3.8, 4) is 0 Å². The van der Waals surface area contributed by atoms with Gasteiger partial charge >= 0.3 is 0 Å². The molecule has 0 unspecified atom stereocenters. The molecule has 0 bridgehead atoms. The first-order valence-corrected chi connectivity index (χ1v) is 8.35. The third kappa shape index (κ3) is 4.08. The van der Waals surface area contributed by atoms with Crippen LogP contribution in [-0.4, -0.2) is 15.3 Å². The summed E-state index contributed by atoms with van der Waals surface area (Å²) in [4.78, 5) is 0. The Morgan fingerprint density at radius 2 is 2.10 bits per heavy atom. The molecule has 0 radical (unpaired) electrons. The summed E-state index contributed by atoms with van der Waals surface area (Å²) >= 11 is 0. The van der Waals surface area contributed by atoms with Crippen molar-refractivity contribution in [2.24, 2.45) is 11.7 Å². The van der Waals surface area contributed by atoms with Gasteiger partial charge in [0, 0.05) is 24.2 Å². The zero-order valence-electron chi connectivity index (χ0n) is 13.4. The van der Waals surface area contributed by atoms with Gasteiger partial charge in [-0.1, -0.05) is 26.2 Å². The number of hydrogen-bond acceptors (Lipinski definition) is 2. The van der Waals surface area contributed by atoms with Crippen LogP contribution in [-0.2, 0) is 6.42 Å². The van der Waals surface area contributed by atoms with Crippen molar-refractivity contribution >= 4 is 0 Å². The third-order valence-corrected chi connectivity index (χ3v) is 4.79. The highest BCUT2D eigenvalue weighted by Gasteiger charge is 2.32. The Labute approximate surface area is 123 Å². The van der Waals surface area contributed by atoms with Gasteiger partial charge in [-0.05, 0) is 51.5 Å². The molecule has 20 heavy (non-hydrogen) atoms. The minimum atomic E-state index is -0.0150. The van der Waals surface area contributed by atoms with E-state index < -0.39 is 0 Å². The van der Waals surface area contributed by atoms with Crippen LogP contribution in [0.15, 0.2) is 12.3 Å². The Hall–Kier alpha value is -0.830. The van der Waals surface area contributed by atoms with Gasteiger partial charge < -0.3 is 5.73 Å². The van der Waals surface area contributed by atoms with Crippen molar-refractivity contribution in [1.29, 1.82) is 0 Å². The molecular formula is C17H31N3. The minimum Gasteiger partial charge on any atom is -0.325 e. The van der Waals surface area contributed by atoms with E-state index in [2.05, 4.69) is 38.1 Å². The molecule has 2 N–H and O–H groups in total. The second-order valence-electron chi connectivity index (χ2n) is 7.01. The molecule has 0 spiro atoms. The SMILES string of the molecule is CCCCC1CCC(N)(Cc2ccn(C(C)C)n2)CC1. The molecule has 1 aromatic rings. The third-order valence-electron chi connectivity index (χ3n) is 4.79. The molecule has 0 saturated heterocycles. The molecule has 0 atom stereocenters. The van der Waals surface area contributed by atoms with Gasteiger partial charge in [0.2, 0.25) is 0 Å². The van der Waals surface area contributed by atoms with Crippen molar-refractivity contribution in [3.63, 3.8) is 0 Å². The van der Waals surface area contributed by atoms with Crippen LogP contribution in [0.1, 0.15) is 77.5 Å². The second-order valence-corrected chi connectivity index (χ2v) is 7.01. The zero-order valence-corrected chi connectivity index (χ0v) is 13.4. The Kier molecular flexibility index (Phi) is 5.25. The van der Waals surface area contributed by atoms with Crippen LogP contribution >= 0.6 is 0 Å². The molecule has 3 nitrogen and oxygen atoms in total. The monoisotopic (exact) mass is 277 g/mol. The molecule has 1 saturated carbocycles. The van der Waals surface area contributed by atoms with E-state index in [-0.39, 0.29) is 5.54 Å². The largest absolute Gasteiger partial charge is 0.325 e. The fourth-order valence-corrected chi connectivity index (χ4v) is 3.33. The van der Waals surface area contributed by atoms with E-state index in [0.717, 1.165) is 30.9 Å². The summed E-state index contributed by atoms with van der Waals surface area (Å²) in [6.45, 7) is 6.60. The molecule has 1 fully saturated rings. The van der Waals surface area contributed by atoms with Crippen LogP contribution in [0.3, 0.4) is 0 Å². The topological polar surface area (TPSA) is 43.8 Å². The van der Waals surface area contributed by atoms with E-state index in [9.17, 15) is 0 Å². The molecule has 1 aliphatic rings. The van der Waals surface area contributed by atoms with Crippen LogP contribution < -0.4 is 5.73 Å². The number of hydrogen-bond donors (Lipinski definition) is 1. The lowest BCUT2D eigenvalue weighted by Crippen LogP contribution is -2.45. The Morgan fingerprint density at radius 1 is 1.40 bits per heavy atom. The fraction of sp³-hybridized carbons (Fsp3) is 0.824. The Bertz CT molecular complexity index is 400. The second kappa shape index (κ2) is 6.75. The highest BCUT2D eigenvalue weighted by Crippen LogP contribution is 2.35. The van der Waals surface area contributed by atoms with Gasteiger partial charge in [0.15, 0.2) is 0 Å². The molecule has 0 amide bonds. The van der Waals surface area contributed by atoms with E-state index in [1.165, 1.54) is 32.1 Å². The molecule has 1 heterocycles. The zero-order chi connectivity index (χ0) is 14.6. The maximum Gasteiger partial charge on any atom is 0.0643 e. The van der Waals surface area contributed by atoms with E-state index in [4.69, 9.17) is 5.73 Å². The average molecular weight is 277 g/mol. The smallest absolute Gasteiger partial charge is 0.0643 e. The lowest BCUT2D eigenvalue weighted by atomic mass is 9.73. The van der Waals surface area contributed by atoms with E-state index in [1.54, 1.807) is 0 Å². The number of nitrogens with zero attached hydrogens (tertiary/aromatic N) is 2. The van der Waals surface area contributed by atoms with Gasteiger partial charge in [0.25, 0.3) is 0 Å². The molecule has 1 aliphatic carbocycles. The molecule has 3 heteroatoms. The summed E-state index contributed by atoms with van der Waals surface area (Å²) in [5.74, 6) is 0.917. The standard InChI is InChI=1S/C17H31N3/c1-4-5-6-15-7-10-17(18,11-8-15)13-16-9-12-20(19-16)14(2)3/h9,12,14-15H,4-8,10-11,13,18H2,1-3H3. The highest BCUT2D eigenvalue weighted by atomic mass is 15.3. The normalized spacial score (nSPS) is 27.1. The van der Waals surface area contributed by atoms with Gasteiger partial charge in [0.1, 0.15) is 0 Å². The van der Waals surface area contributed by atoms with Crippen molar-refractivity contribution in [2.75, 3.05) is 0 Å². The fourth-order valence-electron chi connectivity index (χ4n) is 3.33. The molecule has 2 rings (SSSR count). The molecule has 0 aromatic carbocycles. The summed E-state index contributed by atoms with van der Waals surface area (Å²) in [6, 6.07) is 2.57. The van der Waals surface area contributed by atoms with Gasteiger partial charge in [-0.3, -0.25) is 4.68 Å². The van der Waals surface area contributed by atoms with Crippen LogP contribution in [0.25, 0.3) is 0 Å². The molecule has 1 aromatic heterocycles. The lowest BCUT2D eigenvalue weighted by molar-refractivity contribution is 0.220. The predicted octanol–water partition coefficient (Wildman–Crippen LogP) is 4.08. The average Bonchev–Trinajstić information content (AvgIpc) is 2.86. The van der Waals surface area contributed by atoms with Crippen molar-refractivity contribution < 1.29 is 0 Å². The molecular weight excluding hydrogens is 246 g/mol. The van der Waals surface area contributed by atoms with Crippen LogP contribution in [0.2, 0.25) is 0 Å². The summed E-state index contributed by atoms with van der Waals surface area (Å²) in [5.41, 5.74) is 7.76. The van der Waals surface area contributed by atoms with Gasteiger partial charge in [-0.25, -0.2) is 0 Å². The summed E-state index contributed by atoms with van der Waals surface area (Å²) in [6.07, 6.45) is 12.0. The Balaban J connectivity index is 1.86. The maximum absolute atomic E-state index is 6.62. The van der Waals surface area contributed by atoms with Crippen LogP contribution in [0.4, 0.5) is 0 Å².